The molecule has 0 fully saturated rings. The Morgan fingerprint density at radius 1 is 1.08 bits per heavy atom. The van der Waals surface area contributed by atoms with E-state index in [-0.39, 0.29) is 10.8 Å². The summed E-state index contributed by atoms with van der Waals surface area (Å²) < 4.78 is 28.2. The zero-order valence-electron chi connectivity index (χ0n) is 12.5. The Kier molecular flexibility index (Phi) is 4.81. The lowest BCUT2D eigenvalue weighted by Gasteiger charge is -2.09. The second kappa shape index (κ2) is 7.18. The van der Waals surface area contributed by atoms with Crippen LogP contribution in [0.25, 0.3) is 0 Å². The van der Waals surface area contributed by atoms with Gasteiger partial charge in [-0.1, -0.05) is 30.3 Å². The molecule has 1 aromatic heterocycles. The summed E-state index contributed by atoms with van der Waals surface area (Å²) in [5, 5.41) is 10.0. The summed E-state index contributed by atoms with van der Waals surface area (Å²) >= 11 is 5.13. The smallest absolute Gasteiger partial charge is 0.175 e. The molecule has 0 saturated carbocycles. The SMILES string of the molecule is Fc1ccc(NC(=S)Nc2cnn(Cc3ccccc3)c2)c(F)c1. The Bertz CT molecular complexity index is 849. The molecule has 2 N–H and O–H groups in total. The zero-order chi connectivity index (χ0) is 16.9. The average Bonchev–Trinajstić information content (AvgIpc) is 2.98. The molecule has 0 unspecified atom stereocenters. The monoisotopic (exact) mass is 344 g/mol. The van der Waals surface area contributed by atoms with E-state index in [1.54, 1.807) is 17.1 Å². The standard InChI is InChI=1S/C17H14F2N4S/c18-13-6-7-16(15(19)8-13)22-17(24)21-14-9-20-23(11-14)10-12-4-2-1-3-5-12/h1-9,11H,10H2,(H2,21,22,24). The maximum atomic E-state index is 13.6. The molecular formula is C17H14F2N4S. The summed E-state index contributed by atoms with van der Waals surface area (Å²) in [4.78, 5) is 0. The van der Waals surface area contributed by atoms with E-state index in [0.29, 0.717) is 12.2 Å². The fourth-order valence-corrected chi connectivity index (χ4v) is 2.39. The van der Waals surface area contributed by atoms with Gasteiger partial charge >= 0.3 is 0 Å². The van der Waals surface area contributed by atoms with Gasteiger partial charge in [-0.25, -0.2) is 8.78 Å². The number of nitrogens with zero attached hydrogens (tertiary/aromatic N) is 2. The van der Waals surface area contributed by atoms with E-state index in [9.17, 15) is 8.78 Å². The largest absolute Gasteiger partial charge is 0.330 e. The zero-order valence-corrected chi connectivity index (χ0v) is 13.4. The molecule has 7 heteroatoms. The minimum Gasteiger partial charge on any atom is -0.330 e. The molecule has 24 heavy (non-hydrogen) atoms. The Morgan fingerprint density at radius 2 is 1.88 bits per heavy atom. The number of benzene rings is 2. The van der Waals surface area contributed by atoms with Crippen LogP contribution in [-0.2, 0) is 6.54 Å². The average molecular weight is 344 g/mol. The van der Waals surface area contributed by atoms with Gasteiger partial charge < -0.3 is 10.6 Å². The van der Waals surface area contributed by atoms with Gasteiger partial charge in [-0.3, -0.25) is 4.68 Å². The fourth-order valence-electron chi connectivity index (χ4n) is 2.16. The molecule has 0 bridgehead atoms. The van der Waals surface area contributed by atoms with Crippen LogP contribution >= 0.6 is 12.2 Å². The Morgan fingerprint density at radius 3 is 2.62 bits per heavy atom. The topological polar surface area (TPSA) is 41.9 Å². The van der Waals surface area contributed by atoms with Gasteiger partial charge in [0.2, 0.25) is 0 Å². The van der Waals surface area contributed by atoms with E-state index in [4.69, 9.17) is 12.2 Å². The van der Waals surface area contributed by atoms with Crippen LogP contribution in [-0.4, -0.2) is 14.9 Å². The molecule has 3 rings (SSSR count). The van der Waals surface area contributed by atoms with Crippen molar-refractivity contribution < 1.29 is 8.78 Å². The Labute approximate surface area is 143 Å². The van der Waals surface area contributed by atoms with Gasteiger partial charge in [0, 0.05) is 12.3 Å². The molecule has 4 nitrogen and oxygen atoms in total. The predicted molar refractivity (Wildman–Crippen MR) is 94.0 cm³/mol. The van der Waals surface area contributed by atoms with Crippen molar-refractivity contribution in [3.63, 3.8) is 0 Å². The predicted octanol–water partition coefficient (Wildman–Crippen LogP) is 4.02. The molecule has 0 aliphatic carbocycles. The molecular weight excluding hydrogens is 330 g/mol. The first kappa shape index (κ1) is 16.1. The fraction of sp³-hybridized carbons (Fsp3) is 0.0588. The van der Waals surface area contributed by atoms with Crippen LogP contribution < -0.4 is 10.6 Å². The van der Waals surface area contributed by atoms with Crippen LogP contribution in [0.15, 0.2) is 60.9 Å². The summed E-state index contributed by atoms with van der Waals surface area (Å²) in [5.74, 6) is -1.35. The van der Waals surface area contributed by atoms with Crippen molar-refractivity contribution in [3.8, 4) is 0 Å². The number of thiocarbonyl (C=S) groups is 1. The molecule has 2 aromatic carbocycles. The lowest BCUT2D eigenvalue weighted by Crippen LogP contribution is -2.19. The van der Waals surface area contributed by atoms with E-state index >= 15 is 0 Å². The van der Waals surface area contributed by atoms with Crippen molar-refractivity contribution in [3.05, 3.63) is 78.1 Å². The van der Waals surface area contributed by atoms with Crippen molar-refractivity contribution in [1.29, 1.82) is 0 Å². The van der Waals surface area contributed by atoms with Crippen molar-refractivity contribution in [2.45, 2.75) is 6.54 Å². The van der Waals surface area contributed by atoms with Gasteiger partial charge in [0.05, 0.1) is 24.1 Å². The van der Waals surface area contributed by atoms with Crippen LogP contribution in [0.2, 0.25) is 0 Å². The third-order valence-electron chi connectivity index (χ3n) is 3.26. The third kappa shape index (κ3) is 4.14. The lowest BCUT2D eigenvalue weighted by molar-refractivity contribution is 0.586. The molecule has 1 heterocycles. The maximum absolute atomic E-state index is 13.6. The first-order valence-corrected chi connectivity index (χ1v) is 7.60. The third-order valence-corrected chi connectivity index (χ3v) is 3.46. The number of hydrogen-bond donors (Lipinski definition) is 2. The number of halogens is 2. The van der Waals surface area contributed by atoms with E-state index < -0.39 is 11.6 Å². The van der Waals surface area contributed by atoms with Crippen LogP contribution in [0.3, 0.4) is 0 Å². The molecule has 0 amide bonds. The highest BCUT2D eigenvalue weighted by Crippen LogP contribution is 2.16. The molecule has 122 valence electrons. The second-order valence-corrected chi connectivity index (χ2v) is 5.52. The van der Waals surface area contributed by atoms with Crippen molar-refractivity contribution in [2.24, 2.45) is 0 Å². The van der Waals surface area contributed by atoms with Crippen LogP contribution in [0.4, 0.5) is 20.2 Å². The van der Waals surface area contributed by atoms with Gasteiger partial charge in [0.15, 0.2) is 5.11 Å². The first-order valence-electron chi connectivity index (χ1n) is 7.19. The Balaban J connectivity index is 1.61. The number of nitrogens with one attached hydrogen (secondary N) is 2. The van der Waals surface area contributed by atoms with Crippen molar-refractivity contribution in [2.75, 3.05) is 10.6 Å². The van der Waals surface area contributed by atoms with E-state index in [0.717, 1.165) is 17.7 Å². The lowest BCUT2D eigenvalue weighted by atomic mass is 10.2. The van der Waals surface area contributed by atoms with Crippen LogP contribution in [0.5, 0.6) is 0 Å². The normalized spacial score (nSPS) is 10.4. The number of hydrogen-bond acceptors (Lipinski definition) is 2. The number of anilines is 2. The van der Waals surface area contributed by atoms with Crippen LogP contribution in [0.1, 0.15) is 5.56 Å². The maximum Gasteiger partial charge on any atom is 0.175 e. The van der Waals surface area contributed by atoms with Gasteiger partial charge in [-0.15, -0.1) is 0 Å². The highest BCUT2D eigenvalue weighted by Gasteiger charge is 2.07. The molecule has 0 atom stereocenters. The number of aromatic nitrogens is 2. The van der Waals surface area contributed by atoms with Gasteiger partial charge in [0.25, 0.3) is 0 Å². The van der Waals surface area contributed by atoms with Crippen LogP contribution in [0, 0.1) is 11.6 Å². The minimum atomic E-state index is -0.709. The highest BCUT2D eigenvalue weighted by molar-refractivity contribution is 7.80. The highest BCUT2D eigenvalue weighted by atomic mass is 32.1. The minimum absolute atomic E-state index is 0.102. The van der Waals surface area contributed by atoms with Crippen molar-refractivity contribution >= 4 is 28.7 Å². The molecule has 0 saturated heterocycles. The molecule has 3 aromatic rings. The summed E-state index contributed by atoms with van der Waals surface area (Å²) in [6, 6.07) is 13.2. The second-order valence-electron chi connectivity index (χ2n) is 5.12. The van der Waals surface area contributed by atoms with Gasteiger partial charge in [0.1, 0.15) is 11.6 Å². The molecule has 0 aliphatic rings. The molecule has 0 aliphatic heterocycles. The van der Waals surface area contributed by atoms with E-state index in [1.165, 1.54) is 6.07 Å². The first-order chi connectivity index (χ1) is 11.6. The quantitative estimate of drug-likeness (QED) is 0.702. The van der Waals surface area contributed by atoms with Gasteiger partial charge in [-0.2, -0.15) is 5.10 Å². The van der Waals surface area contributed by atoms with E-state index in [2.05, 4.69) is 15.7 Å². The summed E-state index contributed by atoms with van der Waals surface area (Å²) in [7, 11) is 0. The summed E-state index contributed by atoms with van der Waals surface area (Å²) in [6.07, 6.45) is 3.42. The summed E-state index contributed by atoms with van der Waals surface area (Å²) in [5.41, 5.74) is 1.90. The van der Waals surface area contributed by atoms with Crippen molar-refractivity contribution in [1.82, 2.24) is 9.78 Å². The molecule has 0 spiro atoms. The number of rotatable bonds is 4. The summed E-state index contributed by atoms with van der Waals surface area (Å²) in [6.45, 7) is 0.634. The molecule has 0 radical (unpaired) electrons. The van der Waals surface area contributed by atoms with Gasteiger partial charge in [-0.05, 0) is 29.9 Å². The van der Waals surface area contributed by atoms with E-state index in [1.807, 2.05) is 30.3 Å². The Hall–Kier alpha value is -2.80.